The van der Waals surface area contributed by atoms with Crippen molar-refractivity contribution < 1.29 is 35.2 Å². The van der Waals surface area contributed by atoms with E-state index >= 15 is 0 Å². The molecule has 0 radical (unpaired) electrons. The zero-order valence-corrected chi connectivity index (χ0v) is 17.3. The quantitative estimate of drug-likeness (QED) is 0.414. The van der Waals surface area contributed by atoms with Gasteiger partial charge in [-0.15, -0.1) is 0 Å². The normalized spacial score (nSPS) is 15.2. The summed E-state index contributed by atoms with van der Waals surface area (Å²) in [6, 6.07) is 4.03. The van der Waals surface area contributed by atoms with Crippen LogP contribution in [-0.4, -0.2) is 31.7 Å². The van der Waals surface area contributed by atoms with Gasteiger partial charge in [-0.05, 0) is 37.5 Å². The predicted molar refractivity (Wildman–Crippen MR) is 102 cm³/mol. The number of halogens is 5. The number of carbonyl (C=O) groups excluding carboxylic acids is 1. The predicted octanol–water partition coefficient (Wildman–Crippen LogP) is 4.05. The van der Waals surface area contributed by atoms with Crippen LogP contribution in [0.5, 0.6) is 0 Å². The molecule has 1 aliphatic heterocycles. The van der Waals surface area contributed by atoms with Crippen LogP contribution in [-0.2, 0) is 21.2 Å². The van der Waals surface area contributed by atoms with Gasteiger partial charge in [-0.2, -0.15) is 4.31 Å². The molecule has 1 fully saturated rings. The van der Waals surface area contributed by atoms with E-state index in [0.717, 1.165) is 19.3 Å². The molecule has 0 aromatic heterocycles. The molecule has 0 atom stereocenters. The molecule has 0 aliphatic carbocycles. The molecule has 31 heavy (non-hydrogen) atoms. The highest BCUT2D eigenvalue weighted by Gasteiger charge is 2.29. The second-order valence-electron chi connectivity index (χ2n) is 7.22. The van der Waals surface area contributed by atoms with E-state index in [4.69, 9.17) is 0 Å². The minimum absolute atomic E-state index is 0.00931. The zero-order chi connectivity index (χ0) is 22.9. The van der Waals surface area contributed by atoms with E-state index in [1.165, 1.54) is 22.5 Å². The Bertz CT molecular complexity index is 1100. The lowest BCUT2D eigenvalue weighted by molar-refractivity contribution is -0.115. The number of rotatable bonds is 5. The van der Waals surface area contributed by atoms with E-state index in [-0.39, 0.29) is 10.6 Å². The van der Waals surface area contributed by atoms with Crippen molar-refractivity contribution in [3.63, 3.8) is 0 Å². The molecular weight excluding hydrogens is 443 g/mol. The molecule has 0 spiro atoms. The monoisotopic (exact) mass is 462 g/mol. The van der Waals surface area contributed by atoms with E-state index in [1.54, 1.807) is 6.92 Å². The molecule has 1 aliphatic rings. The minimum atomic E-state index is -3.82. The van der Waals surface area contributed by atoms with Crippen molar-refractivity contribution in [1.82, 2.24) is 4.31 Å². The summed E-state index contributed by atoms with van der Waals surface area (Å²) >= 11 is 0. The number of anilines is 1. The second kappa shape index (κ2) is 8.91. The van der Waals surface area contributed by atoms with Crippen molar-refractivity contribution in [2.24, 2.45) is 0 Å². The van der Waals surface area contributed by atoms with Crippen molar-refractivity contribution in [1.29, 1.82) is 0 Å². The summed E-state index contributed by atoms with van der Waals surface area (Å²) in [4.78, 5) is 12.2. The van der Waals surface area contributed by atoms with Gasteiger partial charge in [0.05, 0.1) is 11.3 Å². The molecule has 1 saturated heterocycles. The summed E-state index contributed by atoms with van der Waals surface area (Å²) in [5, 5.41) is 2.25. The molecular formula is C20H19F5N2O3S. The van der Waals surface area contributed by atoms with Crippen molar-refractivity contribution in [2.45, 2.75) is 37.5 Å². The van der Waals surface area contributed by atoms with Crippen LogP contribution in [0.3, 0.4) is 0 Å². The average molecular weight is 462 g/mol. The van der Waals surface area contributed by atoms with Gasteiger partial charge in [-0.25, -0.2) is 30.4 Å². The van der Waals surface area contributed by atoms with Crippen LogP contribution in [0, 0.1) is 36.0 Å². The summed E-state index contributed by atoms with van der Waals surface area (Å²) in [6.07, 6.45) is 1.26. The first-order valence-corrected chi connectivity index (χ1v) is 10.9. The number of sulfonamides is 1. The largest absolute Gasteiger partial charge is 0.326 e. The molecule has 1 N–H and O–H groups in total. The Balaban J connectivity index is 1.85. The number of aryl methyl sites for hydroxylation is 1. The number of nitrogens with zero attached hydrogens (tertiary/aromatic N) is 1. The summed E-state index contributed by atoms with van der Waals surface area (Å²) in [6.45, 7) is 2.33. The van der Waals surface area contributed by atoms with Crippen LogP contribution in [0.15, 0.2) is 23.1 Å². The fraction of sp³-hybridized carbons (Fsp3) is 0.350. The Morgan fingerprint density at radius 2 is 1.48 bits per heavy atom. The number of amides is 1. The fourth-order valence-corrected chi connectivity index (χ4v) is 5.14. The number of benzene rings is 2. The topological polar surface area (TPSA) is 66.5 Å². The average Bonchev–Trinajstić information content (AvgIpc) is 2.75. The van der Waals surface area contributed by atoms with Gasteiger partial charge in [-0.3, -0.25) is 4.79 Å². The number of nitrogens with one attached hydrogen (secondary N) is 1. The zero-order valence-electron chi connectivity index (χ0n) is 16.4. The van der Waals surface area contributed by atoms with Crippen LogP contribution in [0.25, 0.3) is 0 Å². The fourth-order valence-electron chi connectivity index (χ4n) is 3.37. The molecule has 0 saturated carbocycles. The third-order valence-corrected chi connectivity index (χ3v) is 7.08. The van der Waals surface area contributed by atoms with Crippen LogP contribution in [0.4, 0.5) is 27.6 Å². The Morgan fingerprint density at radius 3 is 2.06 bits per heavy atom. The second-order valence-corrected chi connectivity index (χ2v) is 9.12. The van der Waals surface area contributed by atoms with Crippen molar-refractivity contribution in [2.75, 3.05) is 18.4 Å². The lowest BCUT2D eigenvalue weighted by atomic mass is 10.1. The van der Waals surface area contributed by atoms with E-state index in [1.807, 2.05) is 0 Å². The smallest absolute Gasteiger partial charge is 0.243 e. The first kappa shape index (κ1) is 23.1. The summed E-state index contributed by atoms with van der Waals surface area (Å²) in [5.74, 6) is -11.9. The van der Waals surface area contributed by atoms with Gasteiger partial charge >= 0.3 is 0 Å². The van der Waals surface area contributed by atoms with E-state index in [0.29, 0.717) is 18.7 Å². The van der Waals surface area contributed by atoms with E-state index in [9.17, 15) is 35.2 Å². The molecule has 3 rings (SSSR count). The van der Waals surface area contributed by atoms with Crippen LogP contribution >= 0.6 is 0 Å². The van der Waals surface area contributed by atoms with Gasteiger partial charge < -0.3 is 5.32 Å². The molecule has 2 aromatic rings. The van der Waals surface area contributed by atoms with Gasteiger partial charge in [-0.1, -0.05) is 12.5 Å². The Labute approximate surface area is 175 Å². The standard InChI is InChI=1S/C20H19F5N2O3S/c1-11-5-6-12(9-14(11)31(29,30)27-7-3-2-4-8-27)26-15(28)10-13-16(21)18(23)20(25)19(24)17(13)22/h5-6,9H,2-4,7-8,10H2,1H3,(H,26,28). The van der Waals surface area contributed by atoms with Crippen LogP contribution in [0.1, 0.15) is 30.4 Å². The first-order valence-electron chi connectivity index (χ1n) is 9.45. The number of carbonyl (C=O) groups is 1. The molecule has 0 unspecified atom stereocenters. The first-order chi connectivity index (χ1) is 14.5. The molecule has 2 aromatic carbocycles. The van der Waals surface area contributed by atoms with E-state index in [2.05, 4.69) is 5.32 Å². The highest BCUT2D eigenvalue weighted by Crippen LogP contribution is 2.27. The highest BCUT2D eigenvalue weighted by molar-refractivity contribution is 7.89. The molecule has 1 heterocycles. The van der Waals surface area contributed by atoms with Gasteiger partial charge in [0.1, 0.15) is 0 Å². The maximum atomic E-state index is 13.8. The van der Waals surface area contributed by atoms with Gasteiger partial charge in [0.25, 0.3) is 0 Å². The minimum Gasteiger partial charge on any atom is -0.326 e. The molecule has 5 nitrogen and oxygen atoms in total. The summed E-state index contributed by atoms with van der Waals surface area (Å²) in [5.41, 5.74) is -0.833. The maximum Gasteiger partial charge on any atom is 0.243 e. The van der Waals surface area contributed by atoms with E-state index < -0.39 is 57.0 Å². The summed E-state index contributed by atoms with van der Waals surface area (Å²) in [7, 11) is -3.82. The van der Waals surface area contributed by atoms with Crippen LogP contribution < -0.4 is 5.32 Å². The van der Waals surface area contributed by atoms with Crippen LogP contribution in [0.2, 0.25) is 0 Å². The molecule has 0 bridgehead atoms. The number of piperidine rings is 1. The van der Waals surface area contributed by atoms with Gasteiger partial charge in [0.2, 0.25) is 21.7 Å². The van der Waals surface area contributed by atoms with Gasteiger partial charge in [0.15, 0.2) is 23.3 Å². The molecule has 11 heteroatoms. The van der Waals surface area contributed by atoms with Crippen molar-refractivity contribution >= 4 is 21.6 Å². The molecule has 1 amide bonds. The Kier molecular flexibility index (Phi) is 6.65. The van der Waals surface area contributed by atoms with Crippen molar-refractivity contribution in [3.8, 4) is 0 Å². The van der Waals surface area contributed by atoms with Crippen molar-refractivity contribution in [3.05, 3.63) is 58.4 Å². The molecule has 168 valence electrons. The number of hydrogen-bond acceptors (Lipinski definition) is 3. The maximum absolute atomic E-state index is 13.8. The van der Waals surface area contributed by atoms with Gasteiger partial charge in [0, 0.05) is 24.3 Å². The third kappa shape index (κ3) is 4.57. The lowest BCUT2D eigenvalue weighted by Gasteiger charge is -2.26. The summed E-state index contributed by atoms with van der Waals surface area (Å²) < 4.78 is 94.6. The lowest BCUT2D eigenvalue weighted by Crippen LogP contribution is -2.36. The SMILES string of the molecule is Cc1ccc(NC(=O)Cc2c(F)c(F)c(F)c(F)c2F)cc1S(=O)(=O)N1CCCCC1. The Hall–Kier alpha value is -2.53. The Morgan fingerprint density at radius 1 is 0.935 bits per heavy atom. The number of hydrogen-bond donors (Lipinski definition) is 1. The highest BCUT2D eigenvalue weighted by atomic mass is 32.2. The third-order valence-electron chi connectivity index (χ3n) is 5.04.